The summed E-state index contributed by atoms with van der Waals surface area (Å²) in [5.74, 6) is -0.0533. The molecule has 0 aromatic rings. The van der Waals surface area contributed by atoms with Gasteiger partial charge in [-0.1, -0.05) is 6.92 Å². The number of carboxylic acids is 1. The Bertz CT molecular complexity index is 392. The van der Waals surface area contributed by atoms with Gasteiger partial charge in [0.1, 0.15) is 19.3 Å². The van der Waals surface area contributed by atoms with E-state index in [1.165, 1.54) is 0 Å². The smallest absolute Gasteiger partial charge is 0.407 e. The Morgan fingerprint density at radius 2 is 1.83 bits per heavy atom. The summed E-state index contributed by atoms with van der Waals surface area (Å²) >= 11 is 0. The molecule has 0 spiro atoms. The number of amides is 1. The van der Waals surface area contributed by atoms with Gasteiger partial charge in [0.25, 0.3) is 0 Å². The normalized spacial score (nSPS) is 11.5. The average molecular weight is 330 g/mol. The summed E-state index contributed by atoms with van der Waals surface area (Å²) in [4.78, 5) is 22.0. The Balaban J connectivity index is 3.65. The van der Waals surface area contributed by atoms with E-state index in [2.05, 4.69) is 12.2 Å². The topological polar surface area (TPSA) is 111 Å². The minimum Gasteiger partial charge on any atom is -0.494 e. The lowest BCUT2D eigenvalue weighted by molar-refractivity contribution is -0.138. The Morgan fingerprint density at radius 1 is 1.17 bits per heavy atom. The van der Waals surface area contributed by atoms with Crippen molar-refractivity contribution in [2.45, 2.75) is 58.9 Å². The fraction of sp³-hybridized carbons (Fsp3) is 0.750. The monoisotopic (exact) mass is 330 g/mol. The predicted molar refractivity (Wildman–Crippen MR) is 88.0 cm³/mol. The zero-order valence-corrected chi connectivity index (χ0v) is 14.4. The van der Waals surface area contributed by atoms with Crippen LogP contribution in [0.1, 0.15) is 52.9 Å². The first kappa shape index (κ1) is 21.2. The van der Waals surface area contributed by atoms with Gasteiger partial charge in [0, 0.05) is 13.0 Å². The quantitative estimate of drug-likeness (QED) is 0.374. The number of unbranched alkanes of at least 4 members (excludes halogenated alkanes) is 1. The Kier molecular flexibility index (Phi) is 11.8. The number of rotatable bonds is 12. The van der Waals surface area contributed by atoms with Gasteiger partial charge in [-0.05, 0) is 45.1 Å². The van der Waals surface area contributed by atoms with Crippen molar-refractivity contribution in [3.8, 4) is 0 Å². The van der Waals surface area contributed by atoms with Crippen LogP contribution in [0.25, 0.3) is 0 Å². The van der Waals surface area contributed by atoms with Crippen molar-refractivity contribution in [1.29, 1.82) is 0 Å². The molecular weight excluding hydrogens is 300 g/mol. The van der Waals surface area contributed by atoms with Crippen LogP contribution in [0.5, 0.6) is 0 Å². The summed E-state index contributed by atoms with van der Waals surface area (Å²) < 4.78 is 10.6. The summed E-state index contributed by atoms with van der Waals surface area (Å²) in [7, 11) is 0. The summed E-state index contributed by atoms with van der Waals surface area (Å²) in [6, 6.07) is -0.841. The van der Waals surface area contributed by atoms with Crippen LogP contribution in [0.4, 0.5) is 4.79 Å². The molecule has 1 atom stereocenters. The fourth-order valence-corrected chi connectivity index (χ4v) is 1.85. The molecular formula is C16H30N2O5. The SMILES string of the molecule is CCCC(OCCOC(=O)NCCCC[C@H](N)C(=O)O)=C(C)C. The molecule has 0 rings (SSSR count). The molecule has 0 fully saturated rings. The van der Waals surface area contributed by atoms with Crippen LogP contribution in [0.2, 0.25) is 0 Å². The van der Waals surface area contributed by atoms with Gasteiger partial charge in [-0.15, -0.1) is 0 Å². The maximum absolute atomic E-state index is 11.4. The summed E-state index contributed by atoms with van der Waals surface area (Å²) in [6.07, 6.45) is 3.08. The van der Waals surface area contributed by atoms with E-state index >= 15 is 0 Å². The predicted octanol–water partition coefficient (Wildman–Crippen LogP) is 2.41. The van der Waals surface area contributed by atoms with Crippen molar-refractivity contribution < 1.29 is 24.2 Å². The van der Waals surface area contributed by atoms with Gasteiger partial charge in [0.15, 0.2) is 0 Å². The number of alkyl carbamates (subject to hydrolysis) is 1. The number of ether oxygens (including phenoxy) is 2. The maximum atomic E-state index is 11.4. The second kappa shape index (κ2) is 12.8. The van der Waals surface area contributed by atoms with Crippen molar-refractivity contribution in [1.82, 2.24) is 5.32 Å². The number of carbonyl (C=O) groups is 2. The summed E-state index contributed by atoms with van der Waals surface area (Å²) in [6.45, 7) is 7.03. The molecule has 7 heteroatoms. The van der Waals surface area contributed by atoms with Gasteiger partial charge >= 0.3 is 12.1 Å². The third-order valence-electron chi connectivity index (χ3n) is 3.16. The molecule has 134 valence electrons. The van der Waals surface area contributed by atoms with E-state index in [9.17, 15) is 9.59 Å². The lowest BCUT2D eigenvalue weighted by Crippen LogP contribution is -2.30. The molecule has 0 aromatic heterocycles. The molecule has 0 aliphatic heterocycles. The van der Waals surface area contributed by atoms with E-state index in [1.807, 2.05) is 13.8 Å². The zero-order chi connectivity index (χ0) is 17.7. The van der Waals surface area contributed by atoms with E-state index in [-0.39, 0.29) is 6.61 Å². The highest BCUT2D eigenvalue weighted by Crippen LogP contribution is 2.11. The molecule has 0 saturated heterocycles. The standard InChI is InChI=1S/C16H30N2O5/c1-4-7-14(12(2)3)22-10-11-23-16(21)18-9-6-5-8-13(17)15(19)20/h13H,4-11,17H2,1-3H3,(H,18,21)(H,19,20)/t13-/m0/s1. The molecule has 0 aliphatic carbocycles. The van der Waals surface area contributed by atoms with Crippen molar-refractivity contribution in [2.24, 2.45) is 5.73 Å². The Hall–Kier alpha value is -1.76. The first-order chi connectivity index (χ1) is 10.9. The molecule has 0 unspecified atom stereocenters. The molecule has 0 aliphatic rings. The molecule has 23 heavy (non-hydrogen) atoms. The van der Waals surface area contributed by atoms with E-state index < -0.39 is 18.1 Å². The van der Waals surface area contributed by atoms with E-state index in [0.29, 0.717) is 32.4 Å². The molecule has 1 amide bonds. The van der Waals surface area contributed by atoms with Crippen LogP contribution in [-0.4, -0.2) is 43.0 Å². The first-order valence-electron chi connectivity index (χ1n) is 8.06. The van der Waals surface area contributed by atoms with Crippen molar-refractivity contribution >= 4 is 12.1 Å². The molecule has 0 heterocycles. The lowest BCUT2D eigenvalue weighted by atomic mass is 10.1. The van der Waals surface area contributed by atoms with Gasteiger partial charge in [-0.3, -0.25) is 4.79 Å². The third-order valence-corrected chi connectivity index (χ3v) is 3.16. The molecule has 0 aromatic carbocycles. The Labute approximate surface area is 138 Å². The lowest BCUT2D eigenvalue weighted by Gasteiger charge is -2.12. The number of carboxylic acid groups (broad SMARTS) is 1. The number of aliphatic carboxylic acids is 1. The number of nitrogens with two attached hydrogens (primary N) is 1. The highest BCUT2D eigenvalue weighted by Gasteiger charge is 2.10. The number of hydrogen-bond donors (Lipinski definition) is 3. The molecule has 7 nitrogen and oxygen atoms in total. The maximum Gasteiger partial charge on any atom is 0.407 e. The Morgan fingerprint density at radius 3 is 2.39 bits per heavy atom. The van der Waals surface area contributed by atoms with Gasteiger partial charge in [0.2, 0.25) is 0 Å². The molecule has 0 radical (unpaired) electrons. The molecule has 0 saturated carbocycles. The molecule has 4 N–H and O–H groups in total. The van der Waals surface area contributed by atoms with Crippen molar-refractivity contribution in [3.05, 3.63) is 11.3 Å². The summed E-state index contributed by atoms with van der Waals surface area (Å²) in [5, 5.41) is 11.2. The number of carbonyl (C=O) groups excluding carboxylic acids is 1. The highest BCUT2D eigenvalue weighted by atomic mass is 16.6. The minimum absolute atomic E-state index is 0.191. The fourth-order valence-electron chi connectivity index (χ4n) is 1.85. The van der Waals surface area contributed by atoms with Gasteiger partial charge in [-0.25, -0.2) is 4.79 Å². The minimum atomic E-state index is -1.00. The average Bonchev–Trinajstić information content (AvgIpc) is 2.49. The first-order valence-corrected chi connectivity index (χ1v) is 8.06. The number of hydrogen-bond acceptors (Lipinski definition) is 5. The van der Waals surface area contributed by atoms with Crippen molar-refractivity contribution in [3.63, 3.8) is 0 Å². The van der Waals surface area contributed by atoms with Gasteiger partial charge in [0.05, 0.1) is 5.76 Å². The van der Waals surface area contributed by atoms with Crippen LogP contribution in [-0.2, 0) is 14.3 Å². The zero-order valence-electron chi connectivity index (χ0n) is 14.4. The van der Waals surface area contributed by atoms with E-state index in [0.717, 1.165) is 24.2 Å². The summed E-state index contributed by atoms with van der Waals surface area (Å²) in [5.41, 5.74) is 6.51. The van der Waals surface area contributed by atoms with Crippen molar-refractivity contribution in [2.75, 3.05) is 19.8 Å². The second-order valence-corrected chi connectivity index (χ2v) is 5.52. The van der Waals surface area contributed by atoms with Crippen LogP contribution >= 0.6 is 0 Å². The third kappa shape index (κ3) is 11.5. The molecule has 0 bridgehead atoms. The number of nitrogens with one attached hydrogen (secondary N) is 1. The van der Waals surface area contributed by atoms with E-state index in [1.54, 1.807) is 0 Å². The highest BCUT2D eigenvalue weighted by molar-refractivity contribution is 5.72. The van der Waals surface area contributed by atoms with Gasteiger partial charge < -0.3 is 25.6 Å². The van der Waals surface area contributed by atoms with E-state index in [4.69, 9.17) is 20.3 Å². The van der Waals surface area contributed by atoms with Crippen LogP contribution in [0.3, 0.4) is 0 Å². The largest absolute Gasteiger partial charge is 0.494 e. The van der Waals surface area contributed by atoms with Gasteiger partial charge in [-0.2, -0.15) is 0 Å². The van der Waals surface area contributed by atoms with Crippen LogP contribution in [0.15, 0.2) is 11.3 Å². The number of allylic oxidation sites excluding steroid dienone is 2. The second-order valence-electron chi connectivity index (χ2n) is 5.52. The van der Waals surface area contributed by atoms with Crippen LogP contribution < -0.4 is 11.1 Å². The van der Waals surface area contributed by atoms with Crippen LogP contribution in [0, 0.1) is 0 Å².